The molecule has 0 aliphatic heterocycles. The predicted octanol–water partition coefficient (Wildman–Crippen LogP) is 5.34. The van der Waals surface area contributed by atoms with Gasteiger partial charge in [-0.2, -0.15) is 5.10 Å². The molecule has 0 spiro atoms. The topological polar surface area (TPSA) is 76.0 Å². The van der Waals surface area contributed by atoms with Crippen molar-refractivity contribution in [2.24, 2.45) is 5.10 Å². The first kappa shape index (κ1) is 18.1. The highest BCUT2D eigenvalue weighted by Gasteiger charge is 2.09. The Hall–Kier alpha value is -3.90. The molecule has 0 saturated carbocycles. The molecule has 5 aromatic rings. The Morgan fingerprint density at radius 1 is 0.800 bits per heavy atom. The van der Waals surface area contributed by atoms with E-state index in [1.54, 1.807) is 18.6 Å². The summed E-state index contributed by atoms with van der Waals surface area (Å²) in [6.07, 6.45) is 5.05. The average molecular weight is 411 g/mol. The van der Waals surface area contributed by atoms with Crippen molar-refractivity contribution in [3.8, 4) is 11.3 Å². The number of aromatic nitrogens is 4. The van der Waals surface area contributed by atoms with Crippen molar-refractivity contribution in [1.29, 1.82) is 0 Å². The SMILES string of the molecule is Clc1ccc(-c2nc(N/N=C/c3ccc4nccnc4c3)nc3ccccc23)cc1. The molecule has 0 unspecified atom stereocenters. The molecule has 0 atom stereocenters. The molecule has 0 fully saturated rings. The van der Waals surface area contributed by atoms with Gasteiger partial charge in [0.05, 0.1) is 28.5 Å². The molecule has 144 valence electrons. The molecule has 0 radical (unpaired) electrons. The van der Waals surface area contributed by atoms with E-state index >= 15 is 0 Å². The number of nitrogens with one attached hydrogen (secondary N) is 1. The minimum absolute atomic E-state index is 0.412. The van der Waals surface area contributed by atoms with Crippen molar-refractivity contribution >= 4 is 45.7 Å². The number of nitrogens with zero attached hydrogens (tertiary/aromatic N) is 5. The third-order valence-electron chi connectivity index (χ3n) is 4.59. The zero-order valence-corrected chi connectivity index (χ0v) is 16.5. The van der Waals surface area contributed by atoms with E-state index in [2.05, 4.69) is 30.5 Å². The molecule has 1 N–H and O–H groups in total. The second-order valence-corrected chi connectivity index (χ2v) is 7.03. The lowest BCUT2D eigenvalue weighted by molar-refractivity contribution is 1.16. The summed E-state index contributed by atoms with van der Waals surface area (Å²) in [5.41, 5.74) is 8.09. The second kappa shape index (κ2) is 7.85. The first-order chi connectivity index (χ1) is 14.8. The lowest BCUT2D eigenvalue weighted by Crippen LogP contribution is -2.00. The van der Waals surface area contributed by atoms with E-state index in [1.807, 2.05) is 66.7 Å². The minimum atomic E-state index is 0.412. The molecule has 0 aliphatic rings. The van der Waals surface area contributed by atoms with Gasteiger partial charge in [0.25, 0.3) is 0 Å². The number of benzene rings is 3. The van der Waals surface area contributed by atoms with Gasteiger partial charge < -0.3 is 0 Å². The van der Waals surface area contributed by atoms with Crippen molar-refractivity contribution in [3.05, 3.63) is 89.7 Å². The fourth-order valence-corrected chi connectivity index (χ4v) is 3.31. The molecule has 3 aromatic carbocycles. The van der Waals surface area contributed by atoms with Crippen LogP contribution in [-0.4, -0.2) is 26.2 Å². The third-order valence-corrected chi connectivity index (χ3v) is 4.84. The van der Waals surface area contributed by atoms with Crippen LogP contribution in [0.3, 0.4) is 0 Å². The van der Waals surface area contributed by atoms with Crippen LogP contribution in [0, 0.1) is 0 Å². The molecule has 2 aromatic heterocycles. The van der Waals surface area contributed by atoms with Crippen LogP contribution in [0.4, 0.5) is 5.95 Å². The number of halogens is 1. The number of hydrazone groups is 1. The highest BCUT2D eigenvalue weighted by atomic mass is 35.5. The van der Waals surface area contributed by atoms with Crippen LogP contribution in [0.2, 0.25) is 5.02 Å². The molecule has 30 heavy (non-hydrogen) atoms. The Balaban J connectivity index is 1.48. The first-order valence-corrected chi connectivity index (χ1v) is 9.67. The summed E-state index contributed by atoms with van der Waals surface area (Å²) in [6, 6.07) is 21.2. The van der Waals surface area contributed by atoms with Gasteiger partial charge in [0.1, 0.15) is 0 Å². The van der Waals surface area contributed by atoms with Crippen LogP contribution in [-0.2, 0) is 0 Å². The molecule has 2 heterocycles. The number of hydrogen-bond acceptors (Lipinski definition) is 6. The second-order valence-electron chi connectivity index (χ2n) is 6.59. The standard InChI is InChI=1S/C23H15ClN6/c24-17-8-6-16(7-9-17)22-18-3-1-2-4-19(18)28-23(29-22)30-27-14-15-5-10-20-21(13-15)26-12-11-25-20/h1-14H,(H,28,29,30)/b27-14+. The highest BCUT2D eigenvalue weighted by Crippen LogP contribution is 2.28. The minimum Gasteiger partial charge on any atom is -0.253 e. The van der Waals surface area contributed by atoms with E-state index in [0.29, 0.717) is 11.0 Å². The summed E-state index contributed by atoms with van der Waals surface area (Å²) < 4.78 is 0. The number of anilines is 1. The molecular weight excluding hydrogens is 396 g/mol. The molecule has 0 aliphatic carbocycles. The number of rotatable bonds is 4. The number of hydrogen-bond donors (Lipinski definition) is 1. The Bertz CT molecular complexity index is 1380. The van der Waals surface area contributed by atoms with Crippen molar-refractivity contribution in [2.75, 3.05) is 5.43 Å². The molecule has 0 bridgehead atoms. The molecular formula is C23H15ClN6. The van der Waals surface area contributed by atoms with Gasteiger partial charge >= 0.3 is 0 Å². The molecule has 5 rings (SSSR count). The highest BCUT2D eigenvalue weighted by molar-refractivity contribution is 6.30. The normalized spacial score (nSPS) is 11.4. The van der Waals surface area contributed by atoms with Gasteiger partial charge in [0.15, 0.2) is 0 Å². The Labute approximate surface area is 177 Å². The van der Waals surface area contributed by atoms with Crippen LogP contribution >= 0.6 is 11.6 Å². The number of para-hydroxylation sites is 1. The first-order valence-electron chi connectivity index (χ1n) is 9.29. The van der Waals surface area contributed by atoms with Gasteiger partial charge in [-0.3, -0.25) is 9.97 Å². The lowest BCUT2D eigenvalue weighted by atomic mass is 10.1. The van der Waals surface area contributed by atoms with Crippen molar-refractivity contribution in [2.45, 2.75) is 0 Å². The van der Waals surface area contributed by atoms with E-state index in [-0.39, 0.29) is 0 Å². The Morgan fingerprint density at radius 3 is 2.47 bits per heavy atom. The third kappa shape index (κ3) is 3.68. The van der Waals surface area contributed by atoms with E-state index in [1.165, 1.54) is 0 Å². The van der Waals surface area contributed by atoms with Crippen LogP contribution in [0.5, 0.6) is 0 Å². The largest absolute Gasteiger partial charge is 0.253 e. The maximum Gasteiger partial charge on any atom is 0.244 e. The fourth-order valence-electron chi connectivity index (χ4n) is 3.18. The summed E-state index contributed by atoms with van der Waals surface area (Å²) in [7, 11) is 0. The molecule has 0 amide bonds. The lowest BCUT2D eigenvalue weighted by Gasteiger charge is -2.08. The maximum atomic E-state index is 6.04. The average Bonchev–Trinajstić information content (AvgIpc) is 2.79. The zero-order valence-electron chi connectivity index (χ0n) is 15.7. The van der Waals surface area contributed by atoms with Gasteiger partial charge in [0, 0.05) is 28.4 Å². The van der Waals surface area contributed by atoms with Crippen LogP contribution in [0.15, 0.2) is 84.2 Å². The molecule has 0 saturated heterocycles. The zero-order chi connectivity index (χ0) is 20.3. The number of fused-ring (bicyclic) bond motifs is 2. The summed E-state index contributed by atoms with van der Waals surface area (Å²) in [5, 5.41) is 5.95. The summed E-state index contributed by atoms with van der Waals surface area (Å²) >= 11 is 6.04. The summed E-state index contributed by atoms with van der Waals surface area (Å²) in [6.45, 7) is 0. The summed E-state index contributed by atoms with van der Waals surface area (Å²) in [4.78, 5) is 17.8. The Morgan fingerprint density at radius 2 is 1.60 bits per heavy atom. The molecule has 7 heteroatoms. The smallest absolute Gasteiger partial charge is 0.244 e. The fraction of sp³-hybridized carbons (Fsp3) is 0. The van der Waals surface area contributed by atoms with Crippen LogP contribution in [0.1, 0.15) is 5.56 Å². The van der Waals surface area contributed by atoms with Crippen molar-refractivity contribution in [3.63, 3.8) is 0 Å². The Kier molecular flexibility index (Phi) is 4.75. The summed E-state index contributed by atoms with van der Waals surface area (Å²) in [5.74, 6) is 0.412. The van der Waals surface area contributed by atoms with E-state index < -0.39 is 0 Å². The van der Waals surface area contributed by atoms with Gasteiger partial charge in [-0.1, -0.05) is 48.0 Å². The van der Waals surface area contributed by atoms with E-state index in [0.717, 1.165) is 38.8 Å². The van der Waals surface area contributed by atoms with Gasteiger partial charge in [-0.05, 0) is 35.9 Å². The van der Waals surface area contributed by atoms with Crippen LogP contribution in [0.25, 0.3) is 33.2 Å². The quantitative estimate of drug-likeness (QED) is 0.319. The van der Waals surface area contributed by atoms with Crippen molar-refractivity contribution in [1.82, 2.24) is 19.9 Å². The molecule has 6 nitrogen and oxygen atoms in total. The predicted molar refractivity (Wildman–Crippen MR) is 121 cm³/mol. The van der Waals surface area contributed by atoms with Gasteiger partial charge in [-0.25, -0.2) is 15.4 Å². The van der Waals surface area contributed by atoms with E-state index in [9.17, 15) is 0 Å². The maximum absolute atomic E-state index is 6.04. The van der Waals surface area contributed by atoms with Crippen LogP contribution < -0.4 is 5.43 Å². The van der Waals surface area contributed by atoms with Crippen molar-refractivity contribution < 1.29 is 0 Å². The van der Waals surface area contributed by atoms with Gasteiger partial charge in [0.2, 0.25) is 5.95 Å². The monoisotopic (exact) mass is 410 g/mol. The van der Waals surface area contributed by atoms with Gasteiger partial charge in [-0.15, -0.1) is 0 Å². The van der Waals surface area contributed by atoms with E-state index in [4.69, 9.17) is 11.6 Å².